The van der Waals surface area contributed by atoms with Gasteiger partial charge in [0.2, 0.25) is 0 Å². The van der Waals surface area contributed by atoms with Crippen LogP contribution >= 0.6 is 0 Å². The van der Waals surface area contributed by atoms with Gasteiger partial charge in [-0.3, -0.25) is 10.00 Å². The highest BCUT2D eigenvalue weighted by Crippen LogP contribution is 2.36. The van der Waals surface area contributed by atoms with E-state index in [1.165, 1.54) is 23.9 Å². The van der Waals surface area contributed by atoms with Crippen LogP contribution in [0.4, 0.5) is 13.2 Å². The highest BCUT2D eigenvalue weighted by atomic mass is 19.4. The number of aryl methyl sites for hydroxylation is 1. The second-order valence-corrected chi connectivity index (χ2v) is 12.4. The molecule has 1 saturated heterocycles. The van der Waals surface area contributed by atoms with Crippen LogP contribution in [0.2, 0.25) is 0 Å². The van der Waals surface area contributed by atoms with Gasteiger partial charge in [-0.05, 0) is 74.5 Å². The lowest BCUT2D eigenvalue weighted by Crippen LogP contribution is -2.24. The van der Waals surface area contributed by atoms with Crippen molar-refractivity contribution in [2.24, 2.45) is 4.99 Å². The molecule has 8 nitrogen and oxygen atoms in total. The van der Waals surface area contributed by atoms with E-state index in [-0.39, 0.29) is 23.7 Å². The Morgan fingerprint density at radius 1 is 1.02 bits per heavy atom. The lowest BCUT2D eigenvalue weighted by molar-refractivity contribution is -0.0922. The number of benzene rings is 2. The molecule has 11 heteroatoms. The second kappa shape index (κ2) is 15.9. The summed E-state index contributed by atoms with van der Waals surface area (Å²) in [7, 11) is 0. The van der Waals surface area contributed by atoms with Crippen molar-refractivity contribution in [2.75, 3.05) is 13.1 Å². The Morgan fingerprint density at radius 3 is 2.58 bits per heavy atom. The van der Waals surface area contributed by atoms with E-state index in [1.54, 1.807) is 23.0 Å². The minimum absolute atomic E-state index is 0.0209. The number of hydrogen-bond donors (Lipinski definition) is 2. The first-order valence-electron chi connectivity index (χ1n) is 16.7. The number of halogens is 3. The topological polar surface area (TPSA) is 98.8 Å². The number of rotatable bonds is 10. The number of nitrogens with one attached hydrogen (secondary N) is 2. The number of aliphatic imine (C=N–C) groups is 1. The number of H-pyrrole nitrogens is 1. The zero-order valence-corrected chi connectivity index (χ0v) is 27.8. The molecule has 0 saturated carbocycles. The Hall–Kier alpha value is -5.42. The Kier molecular flexibility index (Phi) is 10.9. The molecule has 2 N–H and O–H groups in total. The van der Waals surface area contributed by atoms with Gasteiger partial charge < -0.3 is 5.41 Å². The molecule has 2 aliphatic rings. The minimum atomic E-state index is -4.45. The lowest BCUT2D eigenvalue weighted by Gasteiger charge is -2.20. The third-order valence-corrected chi connectivity index (χ3v) is 8.78. The molecule has 1 aliphatic carbocycles. The summed E-state index contributed by atoms with van der Waals surface area (Å²) in [5.74, 6) is 1.38. The summed E-state index contributed by atoms with van der Waals surface area (Å²) >= 11 is 0. The molecule has 2 aromatic carbocycles. The van der Waals surface area contributed by atoms with Gasteiger partial charge in [-0.2, -0.15) is 23.4 Å². The summed E-state index contributed by atoms with van der Waals surface area (Å²) < 4.78 is 42.9. The van der Waals surface area contributed by atoms with Crippen LogP contribution in [-0.2, 0) is 6.54 Å². The van der Waals surface area contributed by atoms with Gasteiger partial charge in [0.25, 0.3) is 0 Å². The third-order valence-electron chi connectivity index (χ3n) is 8.78. The van der Waals surface area contributed by atoms with E-state index in [2.05, 4.69) is 37.3 Å². The average molecular weight is 677 g/mol. The molecule has 4 aromatic rings. The number of nitrogens with zero attached hydrogens (tertiary/aromatic N) is 6. The highest BCUT2D eigenvalue weighted by molar-refractivity contribution is 5.92. The third kappa shape index (κ3) is 8.78. The first kappa shape index (κ1) is 34.4. The zero-order chi connectivity index (χ0) is 34.9. The summed E-state index contributed by atoms with van der Waals surface area (Å²) in [6.07, 6.45) is 12.9. The molecule has 1 aliphatic heterocycles. The van der Waals surface area contributed by atoms with Crippen molar-refractivity contribution in [3.05, 3.63) is 142 Å². The van der Waals surface area contributed by atoms with Crippen LogP contribution < -0.4 is 0 Å². The Morgan fingerprint density at radius 2 is 1.84 bits per heavy atom. The van der Waals surface area contributed by atoms with E-state index in [0.29, 0.717) is 17.2 Å². The van der Waals surface area contributed by atoms with E-state index < -0.39 is 11.7 Å². The quantitative estimate of drug-likeness (QED) is 0.130. The fourth-order valence-corrected chi connectivity index (χ4v) is 6.11. The largest absolute Gasteiger partial charge is 0.413 e. The van der Waals surface area contributed by atoms with Gasteiger partial charge in [0.05, 0.1) is 5.69 Å². The van der Waals surface area contributed by atoms with Crippen molar-refractivity contribution >= 4 is 29.9 Å². The maximum Gasteiger partial charge on any atom is 0.413 e. The number of allylic oxidation sites excluding steroid dienone is 8. The van der Waals surface area contributed by atoms with Crippen molar-refractivity contribution < 1.29 is 13.2 Å². The van der Waals surface area contributed by atoms with Gasteiger partial charge in [-0.1, -0.05) is 85.0 Å². The molecule has 1 fully saturated rings. The van der Waals surface area contributed by atoms with Gasteiger partial charge in [-0.25, -0.2) is 14.7 Å². The molecule has 0 spiro atoms. The van der Waals surface area contributed by atoms with Crippen molar-refractivity contribution in [3.8, 4) is 0 Å². The van der Waals surface area contributed by atoms with Gasteiger partial charge >= 0.3 is 6.18 Å². The monoisotopic (exact) mass is 676 g/mol. The molecule has 3 heterocycles. The lowest BCUT2D eigenvalue weighted by atomic mass is 10.00. The summed E-state index contributed by atoms with van der Waals surface area (Å²) in [4.78, 5) is 11.7. The Bertz CT molecular complexity index is 1960. The van der Waals surface area contributed by atoms with Gasteiger partial charge in [0.1, 0.15) is 5.82 Å². The highest BCUT2D eigenvalue weighted by Gasteiger charge is 2.36. The second-order valence-electron chi connectivity index (χ2n) is 12.4. The normalized spacial score (nSPS) is 18.1. The van der Waals surface area contributed by atoms with Crippen LogP contribution in [0.3, 0.4) is 0 Å². The molecular weight excluding hydrogens is 637 g/mol. The SMILES string of the molecule is Cc1ccn(C(/N=C/c2ccc(CN3CCCC(c4nc(C5=C(C(F)(F)F)CC=CC=C5)n[nH]4)CC3)cc2)=C(C=N)/C=C/c2ccccc2)n1. The van der Waals surface area contributed by atoms with Crippen molar-refractivity contribution in [3.63, 3.8) is 0 Å². The van der Waals surface area contributed by atoms with Gasteiger partial charge in [-0.15, -0.1) is 0 Å². The van der Waals surface area contributed by atoms with Crippen LogP contribution in [0, 0.1) is 12.3 Å². The van der Waals surface area contributed by atoms with E-state index in [0.717, 1.165) is 55.7 Å². The summed E-state index contributed by atoms with van der Waals surface area (Å²) in [6.45, 7) is 4.45. The molecule has 2 aromatic heterocycles. The predicted octanol–water partition coefficient (Wildman–Crippen LogP) is 8.56. The number of likely N-dealkylation sites (tertiary alicyclic amines) is 1. The fraction of sp³-hybridized carbons (Fsp3) is 0.256. The van der Waals surface area contributed by atoms with E-state index in [1.807, 2.05) is 73.8 Å². The molecule has 0 bridgehead atoms. The first-order valence-corrected chi connectivity index (χ1v) is 16.7. The van der Waals surface area contributed by atoms with Crippen molar-refractivity contribution in [1.82, 2.24) is 29.9 Å². The Balaban J connectivity index is 1.10. The molecule has 6 rings (SSSR count). The standard InChI is InChI=1S/C39H39F3N8/c1-28-20-24-50(48-28)38(33(25-43)19-18-29-9-4-2-5-10-29)44-26-30-14-16-31(17-15-30)27-49-22-8-11-32(21-23-49)36-45-37(47-46-36)34-12-6-3-7-13-35(34)39(40,41)42/h2-7,9-10,12,14-20,24-26,32,43H,8,11,13,21-23,27H2,1H3,(H,45,46,47)/b19-18+,38-33-,43-25?,44-26+. The van der Waals surface area contributed by atoms with Crippen LogP contribution in [0.5, 0.6) is 0 Å². The van der Waals surface area contributed by atoms with Gasteiger partial charge in [0.15, 0.2) is 11.6 Å². The average Bonchev–Trinajstić information content (AvgIpc) is 3.61. The van der Waals surface area contributed by atoms with E-state index in [9.17, 15) is 13.2 Å². The summed E-state index contributed by atoms with van der Waals surface area (Å²) in [5.41, 5.74) is 3.98. The van der Waals surface area contributed by atoms with E-state index >= 15 is 0 Å². The first-order chi connectivity index (χ1) is 24.3. The number of aromatic amines is 1. The number of aromatic nitrogens is 5. The molecule has 1 unspecified atom stereocenters. The van der Waals surface area contributed by atoms with Gasteiger partial charge in [0, 0.05) is 47.8 Å². The van der Waals surface area contributed by atoms with E-state index in [4.69, 9.17) is 10.4 Å². The van der Waals surface area contributed by atoms with Crippen LogP contribution in [0.1, 0.15) is 65.6 Å². The summed E-state index contributed by atoms with van der Waals surface area (Å²) in [6, 6.07) is 20.1. The smallest absolute Gasteiger partial charge is 0.308 e. The summed E-state index contributed by atoms with van der Waals surface area (Å²) in [5, 5.41) is 19.8. The van der Waals surface area contributed by atoms with Crippen molar-refractivity contribution in [1.29, 1.82) is 5.41 Å². The number of hydrogen-bond acceptors (Lipinski definition) is 6. The molecule has 0 amide bonds. The molecule has 256 valence electrons. The molecule has 0 radical (unpaired) electrons. The van der Waals surface area contributed by atoms with Crippen LogP contribution in [0.25, 0.3) is 17.5 Å². The van der Waals surface area contributed by atoms with Crippen LogP contribution in [0.15, 0.2) is 113 Å². The maximum absolute atomic E-state index is 13.8. The number of alkyl halides is 3. The minimum Gasteiger partial charge on any atom is -0.308 e. The zero-order valence-electron chi connectivity index (χ0n) is 27.8. The fourth-order valence-electron chi connectivity index (χ4n) is 6.11. The van der Waals surface area contributed by atoms with Crippen molar-refractivity contribution in [2.45, 2.75) is 51.2 Å². The molecule has 1 atom stereocenters. The maximum atomic E-state index is 13.8. The molecular formula is C39H39F3N8. The Labute approximate surface area is 289 Å². The van der Waals surface area contributed by atoms with Crippen LogP contribution in [-0.4, -0.2) is 61.6 Å². The molecule has 50 heavy (non-hydrogen) atoms. The predicted molar refractivity (Wildman–Crippen MR) is 193 cm³/mol.